The van der Waals surface area contributed by atoms with Crippen LogP contribution in [0.25, 0.3) is 11.5 Å². The minimum absolute atomic E-state index is 0.627. The molecule has 0 saturated heterocycles. The summed E-state index contributed by atoms with van der Waals surface area (Å²) in [6.45, 7) is 0. The molecule has 1 aliphatic carbocycles. The molecule has 2 aromatic rings. The summed E-state index contributed by atoms with van der Waals surface area (Å²) in [6, 6.07) is 5.74. The first kappa shape index (κ1) is 11.1. The zero-order chi connectivity index (χ0) is 12.4. The van der Waals surface area contributed by atoms with Gasteiger partial charge in [-0.15, -0.1) is 0 Å². The maximum Gasteiger partial charge on any atom is 0.180 e. The van der Waals surface area contributed by atoms with E-state index in [4.69, 9.17) is 5.73 Å². The van der Waals surface area contributed by atoms with Gasteiger partial charge >= 0.3 is 0 Å². The summed E-state index contributed by atoms with van der Waals surface area (Å²) in [5, 5.41) is 0. The summed E-state index contributed by atoms with van der Waals surface area (Å²) >= 11 is 0. The Morgan fingerprint density at radius 3 is 2.72 bits per heavy atom. The molecule has 0 unspecified atom stereocenters. The minimum Gasteiger partial charge on any atom is -0.383 e. The molecule has 0 aromatic carbocycles. The van der Waals surface area contributed by atoms with Crippen LogP contribution in [-0.2, 0) is 12.8 Å². The largest absolute Gasteiger partial charge is 0.383 e. The van der Waals surface area contributed by atoms with E-state index in [9.17, 15) is 0 Å². The van der Waals surface area contributed by atoms with Crippen LogP contribution in [-0.4, -0.2) is 15.0 Å². The molecule has 2 N–H and O–H groups in total. The second-order valence-corrected chi connectivity index (χ2v) is 4.63. The Hall–Kier alpha value is -1.97. The van der Waals surface area contributed by atoms with E-state index in [1.165, 1.54) is 19.3 Å². The number of pyridine rings is 1. The molecular formula is C14H16N4. The molecule has 1 aliphatic rings. The molecule has 0 spiro atoms. The number of hydrogen-bond donors (Lipinski definition) is 1. The van der Waals surface area contributed by atoms with E-state index in [0.717, 1.165) is 29.8 Å². The number of fused-ring (bicyclic) bond motifs is 1. The van der Waals surface area contributed by atoms with Crippen molar-refractivity contribution >= 4 is 5.82 Å². The van der Waals surface area contributed by atoms with Crippen molar-refractivity contribution in [1.82, 2.24) is 15.0 Å². The van der Waals surface area contributed by atoms with Crippen molar-refractivity contribution < 1.29 is 0 Å². The average Bonchev–Trinajstić information content (AvgIpc) is 2.65. The maximum absolute atomic E-state index is 6.07. The molecule has 4 heteroatoms. The smallest absolute Gasteiger partial charge is 0.180 e. The van der Waals surface area contributed by atoms with Gasteiger partial charge in [-0.05, 0) is 37.8 Å². The Kier molecular flexibility index (Phi) is 2.92. The first-order chi connectivity index (χ1) is 8.84. The lowest BCUT2D eigenvalue weighted by Gasteiger charge is -2.09. The van der Waals surface area contributed by atoms with Gasteiger partial charge in [0.25, 0.3) is 0 Å². The van der Waals surface area contributed by atoms with Crippen molar-refractivity contribution in [2.24, 2.45) is 0 Å². The number of anilines is 1. The Balaban J connectivity index is 2.08. The molecule has 3 rings (SSSR count). The fraction of sp³-hybridized carbons (Fsp3) is 0.357. The Labute approximate surface area is 106 Å². The molecule has 2 aromatic heterocycles. The topological polar surface area (TPSA) is 64.7 Å². The molecule has 0 radical (unpaired) electrons. The predicted octanol–water partition coefficient (Wildman–Crippen LogP) is 2.39. The highest BCUT2D eigenvalue weighted by Crippen LogP contribution is 2.25. The lowest BCUT2D eigenvalue weighted by Crippen LogP contribution is -2.06. The molecule has 0 amide bonds. The number of aromatic nitrogens is 3. The van der Waals surface area contributed by atoms with E-state index in [0.29, 0.717) is 11.6 Å². The first-order valence-electron chi connectivity index (χ1n) is 6.41. The third-order valence-electron chi connectivity index (χ3n) is 3.36. The zero-order valence-electron chi connectivity index (χ0n) is 10.3. The Bertz CT molecular complexity index is 551. The Morgan fingerprint density at radius 1 is 1.00 bits per heavy atom. The minimum atomic E-state index is 0.627. The normalized spacial score (nSPS) is 14.9. The predicted molar refractivity (Wildman–Crippen MR) is 70.9 cm³/mol. The van der Waals surface area contributed by atoms with Gasteiger partial charge in [-0.3, -0.25) is 4.98 Å². The van der Waals surface area contributed by atoms with Crippen LogP contribution in [0.1, 0.15) is 30.5 Å². The van der Waals surface area contributed by atoms with Crippen LogP contribution in [0, 0.1) is 0 Å². The van der Waals surface area contributed by atoms with Gasteiger partial charge in [-0.25, -0.2) is 9.97 Å². The molecule has 0 bridgehead atoms. The van der Waals surface area contributed by atoms with E-state index >= 15 is 0 Å². The van der Waals surface area contributed by atoms with Gasteiger partial charge in [-0.2, -0.15) is 0 Å². The molecular weight excluding hydrogens is 224 g/mol. The molecule has 4 nitrogen and oxygen atoms in total. The van der Waals surface area contributed by atoms with Gasteiger partial charge in [0.1, 0.15) is 11.5 Å². The lowest BCUT2D eigenvalue weighted by atomic mass is 10.1. The molecule has 92 valence electrons. The van der Waals surface area contributed by atoms with Crippen molar-refractivity contribution in [3.8, 4) is 11.5 Å². The molecule has 18 heavy (non-hydrogen) atoms. The van der Waals surface area contributed by atoms with Gasteiger partial charge < -0.3 is 5.73 Å². The highest BCUT2D eigenvalue weighted by Gasteiger charge is 2.15. The second kappa shape index (κ2) is 4.72. The van der Waals surface area contributed by atoms with Crippen LogP contribution in [0.5, 0.6) is 0 Å². The standard InChI is InChI=1S/C14H16N4/c15-13-10-6-2-1-3-7-11(10)17-14(18-13)12-8-4-5-9-16-12/h4-5,8-9H,1-3,6-7H2,(H2,15,17,18). The lowest BCUT2D eigenvalue weighted by molar-refractivity contribution is 0.709. The van der Waals surface area contributed by atoms with E-state index in [2.05, 4.69) is 15.0 Å². The van der Waals surface area contributed by atoms with Crippen LogP contribution < -0.4 is 5.73 Å². The first-order valence-corrected chi connectivity index (χ1v) is 6.41. The Morgan fingerprint density at radius 2 is 1.89 bits per heavy atom. The van der Waals surface area contributed by atoms with Gasteiger partial charge in [0, 0.05) is 17.5 Å². The van der Waals surface area contributed by atoms with Crippen molar-refractivity contribution in [1.29, 1.82) is 0 Å². The van der Waals surface area contributed by atoms with E-state index in [1.54, 1.807) is 6.20 Å². The quantitative estimate of drug-likeness (QED) is 0.777. The number of hydrogen-bond acceptors (Lipinski definition) is 4. The van der Waals surface area contributed by atoms with Gasteiger partial charge in [0.15, 0.2) is 5.82 Å². The summed E-state index contributed by atoms with van der Waals surface area (Å²) in [4.78, 5) is 13.3. The fourth-order valence-corrected chi connectivity index (χ4v) is 2.41. The van der Waals surface area contributed by atoms with Crippen LogP contribution >= 0.6 is 0 Å². The summed E-state index contributed by atoms with van der Waals surface area (Å²) < 4.78 is 0. The molecule has 0 atom stereocenters. The molecule has 0 aliphatic heterocycles. The summed E-state index contributed by atoms with van der Waals surface area (Å²) in [5.74, 6) is 1.27. The molecule has 2 heterocycles. The third-order valence-corrected chi connectivity index (χ3v) is 3.36. The van der Waals surface area contributed by atoms with E-state index in [1.807, 2.05) is 18.2 Å². The van der Waals surface area contributed by atoms with E-state index in [-0.39, 0.29) is 0 Å². The van der Waals surface area contributed by atoms with Crippen LogP contribution in [0.3, 0.4) is 0 Å². The maximum atomic E-state index is 6.07. The van der Waals surface area contributed by atoms with Crippen molar-refractivity contribution in [3.63, 3.8) is 0 Å². The number of aryl methyl sites for hydroxylation is 1. The van der Waals surface area contributed by atoms with E-state index < -0.39 is 0 Å². The van der Waals surface area contributed by atoms with Crippen molar-refractivity contribution in [2.75, 3.05) is 5.73 Å². The number of nitrogens with two attached hydrogens (primary N) is 1. The number of nitrogen functional groups attached to an aromatic ring is 1. The zero-order valence-corrected chi connectivity index (χ0v) is 10.3. The highest BCUT2D eigenvalue weighted by molar-refractivity contribution is 5.55. The monoisotopic (exact) mass is 240 g/mol. The molecule has 0 fully saturated rings. The van der Waals surface area contributed by atoms with Crippen molar-refractivity contribution in [2.45, 2.75) is 32.1 Å². The van der Waals surface area contributed by atoms with Crippen molar-refractivity contribution in [3.05, 3.63) is 35.7 Å². The summed E-state index contributed by atoms with van der Waals surface area (Å²) in [7, 11) is 0. The highest BCUT2D eigenvalue weighted by atomic mass is 15.0. The molecule has 0 saturated carbocycles. The van der Waals surface area contributed by atoms with Gasteiger partial charge in [0.2, 0.25) is 0 Å². The van der Waals surface area contributed by atoms with Crippen LogP contribution in [0.2, 0.25) is 0 Å². The average molecular weight is 240 g/mol. The fourth-order valence-electron chi connectivity index (χ4n) is 2.41. The van der Waals surface area contributed by atoms with Crippen LogP contribution in [0.15, 0.2) is 24.4 Å². The second-order valence-electron chi connectivity index (χ2n) is 4.63. The van der Waals surface area contributed by atoms with Gasteiger partial charge in [-0.1, -0.05) is 12.5 Å². The number of rotatable bonds is 1. The summed E-state index contributed by atoms with van der Waals surface area (Å²) in [5.41, 5.74) is 9.12. The third kappa shape index (κ3) is 2.06. The number of nitrogens with zero attached hydrogens (tertiary/aromatic N) is 3. The van der Waals surface area contributed by atoms with Crippen LogP contribution in [0.4, 0.5) is 5.82 Å². The van der Waals surface area contributed by atoms with Gasteiger partial charge in [0.05, 0.1) is 0 Å². The summed E-state index contributed by atoms with van der Waals surface area (Å²) in [6.07, 6.45) is 7.37. The SMILES string of the molecule is Nc1nc(-c2ccccn2)nc2c1CCCCC2.